The Morgan fingerprint density at radius 2 is 1.61 bits per heavy atom. The van der Waals surface area contributed by atoms with E-state index in [-0.39, 0.29) is 18.4 Å². The summed E-state index contributed by atoms with van der Waals surface area (Å²) >= 11 is 0. The highest BCUT2D eigenvalue weighted by Crippen LogP contribution is 2.30. The first-order valence-electron chi connectivity index (χ1n) is 10.7. The molecule has 1 fully saturated rings. The van der Waals surface area contributed by atoms with Gasteiger partial charge in [0, 0.05) is 0 Å². The molecule has 164 valence electrons. The minimum absolute atomic E-state index is 0.109. The van der Waals surface area contributed by atoms with Crippen molar-refractivity contribution in [2.45, 2.75) is 117 Å². The smallest absolute Gasteiger partial charge is 0.407 e. The van der Waals surface area contributed by atoms with Crippen LogP contribution in [0.2, 0.25) is 0 Å². The summed E-state index contributed by atoms with van der Waals surface area (Å²) in [6, 6.07) is -0.304. The summed E-state index contributed by atoms with van der Waals surface area (Å²) in [5.74, 6) is 0.207. The molecule has 6 nitrogen and oxygen atoms in total. The van der Waals surface area contributed by atoms with Gasteiger partial charge in [-0.25, -0.2) is 4.79 Å². The van der Waals surface area contributed by atoms with Crippen molar-refractivity contribution in [1.82, 2.24) is 5.32 Å². The first kappa shape index (κ1) is 24.7. The van der Waals surface area contributed by atoms with Crippen LogP contribution >= 0.6 is 0 Å². The Hall–Kier alpha value is -1.30. The number of carbonyl (C=O) groups excluding carboxylic acids is 2. The summed E-state index contributed by atoms with van der Waals surface area (Å²) in [6.45, 7) is 13.5. The lowest BCUT2D eigenvalue weighted by molar-refractivity contribution is -0.151. The molecule has 1 amide bonds. The number of nitrogens with one attached hydrogen (secondary N) is 1. The average molecular weight is 400 g/mol. The summed E-state index contributed by atoms with van der Waals surface area (Å²) in [5.41, 5.74) is -1.03. The van der Waals surface area contributed by atoms with Gasteiger partial charge in [-0.3, -0.25) is 4.79 Å². The van der Waals surface area contributed by atoms with E-state index < -0.39 is 23.4 Å². The SMILES string of the molecule is CCOC(=O)C[C@@H](OC(C)(C)C)[C@H](CC1CCCCC1)NC(=O)OC(C)(C)C. The van der Waals surface area contributed by atoms with E-state index in [1.807, 2.05) is 41.5 Å². The zero-order valence-corrected chi connectivity index (χ0v) is 18.9. The number of hydrogen-bond donors (Lipinski definition) is 1. The van der Waals surface area contributed by atoms with Crippen molar-refractivity contribution in [3.05, 3.63) is 0 Å². The molecule has 0 saturated heterocycles. The van der Waals surface area contributed by atoms with Crippen LogP contribution in [0.15, 0.2) is 0 Å². The summed E-state index contributed by atoms with van der Waals surface area (Å²) in [7, 11) is 0. The first-order chi connectivity index (χ1) is 12.9. The summed E-state index contributed by atoms with van der Waals surface area (Å²) in [5, 5.41) is 3.00. The van der Waals surface area contributed by atoms with Gasteiger partial charge < -0.3 is 19.5 Å². The van der Waals surface area contributed by atoms with Crippen LogP contribution in [0.25, 0.3) is 0 Å². The Kier molecular flexibility index (Phi) is 9.75. The molecular formula is C22H41NO5. The Bertz CT molecular complexity index is 486. The molecule has 0 bridgehead atoms. The molecule has 1 N–H and O–H groups in total. The molecule has 0 aromatic rings. The summed E-state index contributed by atoms with van der Waals surface area (Å²) < 4.78 is 16.8. The minimum atomic E-state index is -0.582. The van der Waals surface area contributed by atoms with Crippen molar-refractivity contribution < 1.29 is 23.8 Å². The van der Waals surface area contributed by atoms with Gasteiger partial charge in [-0.1, -0.05) is 32.1 Å². The van der Waals surface area contributed by atoms with Gasteiger partial charge in [0.25, 0.3) is 0 Å². The standard InChI is InChI=1S/C22H41NO5/c1-8-26-19(24)15-18(27-21(2,3)4)17(14-16-12-10-9-11-13-16)23-20(25)28-22(5,6)7/h16-18H,8-15H2,1-7H3,(H,23,25)/t17-,18+/m0/s1. The zero-order valence-electron chi connectivity index (χ0n) is 18.9. The van der Waals surface area contributed by atoms with Crippen molar-refractivity contribution >= 4 is 12.1 Å². The predicted molar refractivity (Wildman–Crippen MR) is 110 cm³/mol. The lowest BCUT2D eigenvalue weighted by atomic mass is 9.83. The molecule has 0 aromatic heterocycles. The highest BCUT2D eigenvalue weighted by molar-refractivity contribution is 5.71. The second kappa shape index (κ2) is 11.0. The van der Waals surface area contributed by atoms with Crippen LogP contribution in [-0.2, 0) is 19.0 Å². The van der Waals surface area contributed by atoms with Gasteiger partial charge in [0.15, 0.2) is 0 Å². The molecule has 0 heterocycles. The molecule has 1 rings (SSSR count). The Balaban J connectivity index is 2.97. The quantitative estimate of drug-likeness (QED) is 0.582. The van der Waals surface area contributed by atoms with E-state index in [9.17, 15) is 9.59 Å². The van der Waals surface area contributed by atoms with Gasteiger partial charge >= 0.3 is 12.1 Å². The van der Waals surface area contributed by atoms with E-state index in [1.54, 1.807) is 6.92 Å². The third-order valence-electron chi connectivity index (χ3n) is 4.64. The van der Waals surface area contributed by atoms with E-state index in [2.05, 4.69) is 5.32 Å². The Morgan fingerprint density at radius 3 is 2.11 bits per heavy atom. The van der Waals surface area contributed by atoms with E-state index in [4.69, 9.17) is 14.2 Å². The van der Waals surface area contributed by atoms with Gasteiger partial charge in [-0.05, 0) is 60.8 Å². The third-order valence-corrected chi connectivity index (χ3v) is 4.64. The molecule has 0 unspecified atom stereocenters. The number of amides is 1. The fourth-order valence-electron chi connectivity index (χ4n) is 3.65. The fourth-order valence-corrected chi connectivity index (χ4v) is 3.65. The molecule has 0 aromatic carbocycles. The largest absolute Gasteiger partial charge is 0.466 e. The first-order valence-corrected chi connectivity index (χ1v) is 10.7. The molecule has 6 heteroatoms. The fraction of sp³-hybridized carbons (Fsp3) is 0.909. The topological polar surface area (TPSA) is 73.9 Å². The van der Waals surface area contributed by atoms with E-state index in [0.29, 0.717) is 12.5 Å². The highest BCUT2D eigenvalue weighted by atomic mass is 16.6. The second-order valence-electron chi connectivity index (χ2n) is 9.77. The average Bonchev–Trinajstić information content (AvgIpc) is 2.51. The van der Waals surface area contributed by atoms with Gasteiger partial charge in [0.1, 0.15) is 5.60 Å². The van der Waals surface area contributed by atoms with Crippen LogP contribution in [-0.4, -0.2) is 42.0 Å². The van der Waals surface area contributed by atoms with Crippen molar-refractivity contribution in [2.75, 3.05) is 6.61 Å². The molecule has 1 aliphatic rings. The molecule has 1 aliphatic carbocycles. The monoisotopic (exact) mass is 399 g/mol. The van der Waals surface area contributed by atoms with Crippen molar-refractivity contribution in [2.24, 2.45) is 5.92 Å². The van der Waals surface area contributed by atoms with Crippen LogP contribution in [0.4, 0.5) is 4.79 Å². The number of hydrogen-bond acceptors (Lipinski definition) is 5. The molecule has 0 aliphatic heterocycles. The third kappa shape index (κ3) is 10.9. The second-order valence-corrected chi connectivity index (χ2v) is 9.77. The van der Waals surface area contributed by atoms with Crippen LogP contribution < -0.4 is 5.32 Å². The van der Waals surface area contributed by atoms with Crippen molar-refractivity contribution in [3.63, 3.8) is 0 Å². The van der Waals surface area contributed by atoms with Crippen LogP contribution in [0.5, 0.6) is 0 Å². The normalized spacial score (nSPS) is 18.2. The maximum atomic E-state index is 12.5. The van der Waals surface area contributed by atoms with Gasteiger partial charge in [-0.15, -0.1) is 0 Å². The predicted octanol–water partition coefficient (Wildman–Crippen LogP) is 4.99. The Morgan fingerprint density at radius 1 is 1.00 bits per heavy atom. The van der Waals surface area contributed by atoms with E-state index in [1.165, 1.54) is 19.3 Å². The van der Waals surface area contributed by atoms with Crippen LogP contribution in [0.3, 0.4) is 0 Å². The van der Waals surface area contributed by atoms with Crippen molar-refractivity contribution in [1.29, 1.82) is 0 Å². The molecular weight excluding hydrogens is 358 g/mol. The van der Waals surface area contributed by atoms with E-state index >= 15 is 0 Å². The molecule has 0 radical (unpaired) electrons. The lowest BCUT2D eigenvalue weighted by Gasteiger charge is -2.36. The lowest BCUT2D eigenvalue weighted by Crippen LogP contribution is -2.50. The number of rotatable bonds is 8. The molecule has 1 saturated carbocycles. The van der Waals surface area contributed by atoms with Gasteiger partial charge in [0.05, 0.1) is 30.8 Å². The van der Waals surface area contributed by atoms with Gasteiger partial charge in [-0.2, -0.15) is 0 Å². The highest BCUT2D eigenvalue weighted by Gasteiger charge is 2.34. The molecule has 0 spiro atoms. The summed E-state index contributed by atoms with van der Waals surface area (Å²) in [4.78, 5) is 24.7. The number of ether oxygens (including phenoxy) is 3. The number of carbonyl (C=O) groups is 2. The van der Waals surface area contributed by atoms with E-state index in [0.717, 1.165) is 19.3 Å². The van der Waals surface area contributed by atoms with Gasteiger partial charge in [0.2, 0.25) is 0 Å². The van der Waals surface area contributed by atoms with Crippen LogP contribution in [0.1, 0.15) is 93.4 Å². The van der Waals surface area contributed by atoms with Crippen LogP contribution in [0, 0.1) is 5.92 Å². The Labute approximate surface area is 171 Å². The molecule has 28 heavy (non-hydrogen) atoms. The maximum absolute atomic E-state index is 12.5. The summed E-state index contributed by atoms with van der Waals surface area (Å²) in [6.07, 6.45) is 5.94. The zero-order chi connectivity index (χ0) is 21.4. The minimum Gasteiger partial charge on any atom is -0.466 e. The number of alkyl carbamates (subject to hydrolysis) is 1. The maximum Gasteiger partial charge on any atom is 0.407 e. The van der Waals surface area contributed by atoms with Crippen molar-refractivity contribution in [3.8, 4) is 0 Å². The number of esters is 1. The molecule has 2 atom stereocenters.